The fourth-order valence-corrected chi connectivity index (χ4v) is 9.73. The lowest BCUT2D eigenvalue weighted by molar-refractivity contribution is -0.217. The van der Waals surface area contributed by atoms with Gasteiger partial charge in [0.1, 0.15) is 12.2 Å². The molecule has 15 heteroatoms. The van der Waals surface area contributed by atoms with Gasteiger partial charge in [0, 0.05) is 17.8 Å². The summed E-state index contributed by atoms with van der Waals surface area (Å²) < 4.78 is 85.6. The van der Waals surface area contributed by atoms with Crippen LogP contribution in [0.15, 0.2) is 0 Å². The minimum absolute atomic E-state index is 0.0260. The van der Waals surface area contributed by atoms with Crippen molar-refractivity contribution in [2.45, 2.75) is 108 Å². The summed E-state index contributed by atoms with van der Waals surface area (Å²) in [4.78, 5) is 51.2. The molecular formula is C30H40F2O12S. The molecule has 1 saturated heterocycles. The molecule has 13 atom stereocenters. The van der Waals surface area contributed by atoms with E-state index in [2.05, 4.69) is 4.74 Å². The van der Waals surface area contributed by atoms with Crippen molar-refractivity contribution in [2.75, 3.05) is 0 Å². The van der Waals surface area contributed by atoms with E-state index in [1.807, 2.05) is 13.8 Å². The summed E-state index contributed by atoms with van der Waals surface area (Å²) in [5.74, 6) is -3.51. The molecule has 5 aliphatic carbocycles. The van der Waals surface area contributed by atoms with Crippen LogP contribution < -0.4 is 0 Å². The van der Waals surface area contributed by atoms with Gasteiger partial charge in [0.25, 0.3) is 0 Å². The molecule has 4 bridgehead atoms. The highest BCUT2D eigenvalue weighted by atomic mass is 32.2. The summed E-state index contributed by atoms with van der Waals surface area (Å²) in [7, 11) is -5.83. The Bertz CT molecular complexity index is 1340. The standard InChI is InChI=1S/C30H40F2O12S/c1-12(2)29(41-20-10-14-9-17(20)16-6-4-5-15(14)16)44-28(36)24-18-11-19-23(24)27(35)43-26(19)25(18)42-22(34)8-7-21(33)40-13(3)30(31,32)45(37,38)39/h12-20,23-26,29H,4-11H2,1-3H3,(H,37,38,39). The molecule has 6 fully saturated rings. The summed E-state index contributed by atoms with van der Waals surface area (Å²) in [6, 6.07) is 0. The molecule has 252 valence electrons. The molecule has 0 aromatic carbocycles. The Balaban J connectivity index is 1.05. The largest absolute Gasteiger partial charge is 0.458 e. The summed E-state index contributed by atoms with van der Waals surface area (Å²) in [5.41, 5.74) is 0. The van der Waals surface area contributed by atoms with Crippen LogP contribution in [0.1, 0.15) is 72.1 Å². The van der Waals surface area contributed by atoms with Crippen molar-refractivity contribution in [1.29, 1.82) is 0 Å². The third-order valence-electron chi connectivity index (χ3n) is 11.2. The van der Waals surface area contributed by atoms with Gasteiger partial charge in [-0.05, 0) is 62.7 Å². The first-order valence-electron chi connectivity index (χ1n) is 15.9. The summed E-state index contributed by atoms with van der Waals surface area (Å²) in [6.45, 7) is 4.40. The Morgan fingerprint density at radius 3 is 2.33 bits per heavy atom. The highest BCUT2D eigenvalue weighted by molar-refractivity contribution is 7.86. The highest BCUT2D eigenvalue weighted by Crippen LogP contribution is 2.61. The van der Waals surface area contributed by atoms with Crippen LogP contribution in [0.4, 0.5) is 8.78 Å². The molecule has 1 N–H and O–H groups in total. The number of hydrogen-bond acceptors (Lipinski definition) is 11. The second-order valence-electron chi connectivity index (χ2n) is 14.0. The molecule has 13 unspecified atom stereocenters. The van der Waals surface area contributed by atoms with Crippen LogP contribution in [0, 0.1) is 53.3 Å². The molecule has 5 saturated carbocycles. The second kappa shape index (κ2) is 11.7. The van der Waals surface area contributed by atoms with E-state index in [-0.39, 0.29) is 17.9 Å². The van der Waals surface area contributed by atoms with Gasteiger partial charge >= 0.3 is 39.2 Å². The molecule has 1 aliphatic heterocycles. The van der Waals surface area contributed by atoms with Crippen molar-refractivity contribution in [3.8, 4) is 0 Å². The Morgan fingerprint density at radius 2 is 1.64 bits per heavy atom. The van der Waals surface area contributed by atoms with Crippen molar-refractivity contribution in [3.05, 3.63) is 0 Å². The van der Waals surface area contributed by atoms with E-state index in [1.165, 1.54) is 19.3 Å². The van der Waals surface area contributed by atoms with Gasteiger partial charge in [-0.2, -0.15) is 17.2 Å². The summed E-state index contributed by atoms with van der Waals surface area (Å²) in [6.07, 6.45) is -0.0558. The average Bonchev–Trinajstić information content (AvgIpc) is 3.77. The van der Waals surface area contributed by atoms with Crippen molar-refractivity contribution in [1.82, 2.24) is 0 Å². The Morgan fingerprint density at radius 1 is 0.956 bits per heavy atom. The van der Waals surface area contributed by atoms with Crippen molar-refractivity contribution < 1.29 is 64.6 Å². The maximum absolute atomic E-state index is 13.7. The van der Waals surface area contributed by atoms with Crippen molar-refractivity contribution >= 4 is 34.0 Å². The van der Waals surface area contributed by atoms with Gasteiger partial charge in [0.15, 0.2) is 6.10 Å². The Kier molecular flexibility index (Phi) is 8.46. The summed E-state index contributed by atoms with van der Waals surface area (Å²) in [5, 5.41) is -4.74. The first-order valence-corrected chi connectivity index (χ1v) is 17.3. The first kappa shape index (κ1) is 32.5. The van der Waals surface area contributed by atoms with Crippen LogP contribution in [0.2, 0.25) is 0 Å². The number of alkyl halides is 2. The highest BCUT2D eigenvalue weighted by Gasteiger charge is 2.70. The van der Waals surface area contributed by atoms with Gasteiger partial charge in [0.05, 0.1) is 30.8 Å². The molecule has 12 nitrogen and oxygen atoms in total. The molecule has 0 radical (unpaired) electrons. The van der Waals surface area contributed by atoms with Gasteiger partial charge in [-0.15, -0.1) is 0 Å². The Labute approximate surface area is 259 Å². The minimum Gasteiger partial charge on any atom is -0.458 e. The number of halogens is 2. The fraction of sp³-hybridized carbons (Fsp3) is 0.867. The number of carbonyl (C=O) groups excluding carboxylic acids is 4. The third kappa shape index (κ3) is 5.64. The first-order chi connectivity index (χ1) is 21.1. The molecule has 45 heavy (non-hydrogen) atoms. The Hall–Kier alpha value is -2.39. The monoisotopic (exact) mass is 662 g/mol. The van der Waals surface area contributed by atoms with Crippen molar-refractivity contribution in [2.24, 2.45) is 53.3 Å². The van der Waals surface area contributed by atoms with Crippen LogP contribution in [0.5, 0.6) is 0 Å². The van der Waals surface area contributed by atoms with E-state index in [0.717, 1.165) is 18.8 Å². The predicted molar refractivity (Wildman–Crippen MR) is 146 cm³/mol. The lowest BCUT2D eigenvalue weighted by Crippen LogP contribution is -2.45. The topological polar surface area (TPSA) is 169 Å². The SMILES string of the molecule is CC(C)C(OC(=O)C1C2CC3C(OC(=O)C31)C2OC(=O)CCC(=O)OC(C)C(F)(F)S(=O)(=O)O)OC1CC2CC1C1CCCC21. The van der Waals surface area contributed by atoms with E-state index in [4.69, 9.17) is 23.5 Å². The zero-order chi connectivity index (χ0) is 32.6. The van der Waals surface area contributed by atoms with Crippen LogP contribution in [-0.2, 0) is 53.0 Å². The molecule has 1 heterocycles. The summed E-state index contributed by atoms with van der Waals surface area (Å²) >= 11 is 0. The maximum Gasteiger partial charge on any atom is 0.405 e. The third-order valence-corrected chi connectivity index (χ3v) is 12.2. The number of ether oxygens (including phenoxy) is 5. The predicted octanol–water partition coefficient (Wildman–Crippen LogP) is 3.26. The molecule has 0 spiro atoms. The molecule has 6 aliphatic rings. The number of rotatable bonds is 12. The molecule has 0 aromatic rings. The fourth-order valence-electron chi connectivity index (χ4n) is 9.27. The van der Waals surface area contributed by atoms with Crippen molar-refractivity contribution in [3.63, 3.8) is 0 Å². The number of carbonyl (C=O) groups is 4. The quantitative estimate of drug-likeness (QED) is 0.140. The van der Waals surface area contributed by atoms with Crippen LogP contribution in [0.3, 0.4) is 0 Å². The number of hydrogen-bond donors (Lipinski definition) is 1. The van der Waals surface area contributed by atoms with Gasteiger partial charge in [-0.1, -0.05) is 20.3 Å². The maximum atomic E-state index is 13.7. The number of fused-ring (bicyclic) bond motifs is 6. The van der Waals surface area contributed by atoms with Gasteiger partial charge in [-0.25, -0.2) is 0 Å². The zero-order valence-corrected chi connectivity index (χ0v) is 26.2. The van der Waals surface area contributed by atoms with Crippen LogP contribution >= 0.6 is 0 Å². The molecule has 0 aromatic heterocycles. The zero-order valence-electron chi connectivity index (χ0n) is 25.3. The minimum atomic E-state index is -5.83. The van der Waals surface area contributed by atoms with E-state index >= 15 is 0 Å². The van der Waals surface area contributed by atoms with E-state index < -0.39 is 94.4 Å². The number of esters is 4. The van der Waals surface area contributed by atoms with E-state index in [1.54, 1.807) is 0 Å². The smallest absolute Gasteiger partial charge is 0.405 e. The van der Waals surface area contributed by atoms with Crippen LogP contribution in [-0.4, -0.2) is 72.8 Å². The molecular weight excluding hydrogens is 622 g/mol. The lowest BCUT2D eigenvalue weighted by atomic mass is 9.78. The van der Waals surface area contributed by atoms with E-state index in [9.17, 15) is 36.4 Å². The molecule has 0 amide bonds. The molecule has 6 rings (SSSR count). The average molecular weight is 663 g/mol. The van der Waals surface area contributed by atoms with E-state index in [0.29, 0.717) is 31.1 Å². The lowest BCUT2D eigenvalue weighted by Gasteiger charge is -2.36. The van der Waals surface area contributed by atoms with Gasteiger partial charge < -0.3 is 23.7 Å². The second-order valence-corrected chi connectivity index (χ2v) is 15.5. The van der Waals surface area contributed by atoms with Crippen LogP contribution in [0.25, 0.3) is 0 Å². The van der Waals surface area contributed by atoms with Gasteiger partial charge in [0.2, 0.25) is 6.29 Å². The van der Waals surface area contributed by atoms with Gasteiger partial charge in [-0.3, -0.25) is 23.7 Å². The normalized spacial score (nSPS) is 39.1.